The van der Waals surface area contributed by atoms with Crippen LogP contribution in [0.2, 0.25) is 0 Å². The molecule has 0 fully saturated rings. The average molecular weight is 794 g/mol. The smallest absolute Gasteiger partial charge is 0.305 e. The van der Waals surface area contributed by atoms with Crippen molar-refractivity contribution in [1.82, 2.24) is 5.32 Å². The van der Waals surface area contributed by atoms with Crippen LogP contribution in [0.5, 0.6) is 0 Å². The summed E-state index contributed by atoms with van der Waals surface area (Å²) in [5, 5.41) is 23.1. The summed E-state index contributed by atoms with van der Waals surface area (Å²) in [5.74, 6) is -0.0818. The van der Waals surface area contributed by atoms with Gasteiger partial charge in [-0.25, -0.2) is 0 Å². The van der Waals surface area contributed by atoms with Gasteiger partial charge in [-0.05, 0) is 25.7 Å². The predicted octanol–water partition coefficient (Wildman–Crippen LogP) is 14.8. The van der Waals surface area contributed by atoms with E-state index in [0.717, 1.165) is 57.8 Å². The first-order valence-corrected chi connectivity index (χ1v) is 25.3. The third-order valence-corrected chi connectivity index (χ3v) is 11.9. The van der Waals surface area contributed by atoms with E-state index in [2.05, 4.69) is 19.2 Å². The first kappa shape index (κ1) is 54.9. The number of hydrogen-bond donors (Lipinski definition) is 3. The molecule has 0 aromatic carbocycles. The monoisotopic (exact) mass is 794 g/mol. The summed E-state index contributed by atoms with van der Waals surface area (Å²) in [7, 11) is 0. The highest BCUT2D eigenvalue weighted by atomic mass is 16.5. The molecule has 6 nitrogen and oxygen atoms in total. The number of aliphatic hydroxyl groups excluding tert-OH is 2. The molecule has 0 aliphatic heterocycles. The van der Waals surface area contributed by atoms with Crippen molar-refractivity contribution < 1.29 is 24.5 Å². The van der Waals surface area contributed by atoms with Gasteiger partial charge in [0.05, 0.1) is 25.4 Å². The van der Waals surface area contributed by atoms with Crippen LogP contribution in [-0.4, -0.2) is 47.4 Å². The fraction of sp³-hybridized carbons (Fsp3) is 0.960. The Morgan fingerprint density at radius 1 is 0.429 bits per heavy atom. The Balaban J connectivity index is 3.42. The fourth-order valence-corrected chi connectivity index (χ4v) is 7.99. The molecule has 0 aliphatic carbocycles. The van der Waals surface area contributed by atoms with Gasteiger partial charge in [-0.1, -0.05) is 245 Å². The minimum absolute atomic E-state index is 0.0201. The van der Waals surface area contributed by atoms with Crippen molar-refractivity contribution in [2.75, 3.05) is 13.2 Å². The number of rotatable bonds is 47. The van der Waals surface area contributed by atoms with Gasteiger partial charge in [-0.2, -0.15) is 0 Å². The molecule has 0 rings (SSSR count). The Kier molecular flexibility index (Phi) is 45.6. The van der Waals surface area contributed by atoms with E-state index < -0.39 is 12.1 Å². The maximum atomic E-state index is 12.4. The minimum Gasteiger partial charge on any atom is -0.466 e. The molecule has 0 heterocycles. The molecule has 0 aromatic heterocycles. The number of esters is 1. The molecule has 0 saturated carbocycles. The molecule has 6 heteroatoms. The first-order valence-electron chi connectivity index (χ1n) is 25.3. The number of ether oxygens (including phenoxy) is 1. The minimum atomic E-state index is -0.678. The highest BCUT2D eigenvalue weighted by Gasteiger charge is 2.20. The van der Waals surface area contributed by atoms with Crippen molar-refractivity contribution in [3.05, 3.63) is 0 Å². The molecule has 56 heavy (non-hydrogen) atoms. The molecule has 2 unspecified atom stereocenters. The molecule has 0 aromatic rings. The van der Waals surface area contributed by atoms with Crippen molar-refractivity contribution in [2.45, 2.75) is 296 Å². The molecule has 0 aliphatic rings. The second-order valence-electron chi connectivity index (χ2n) is 17.5. The van der Waals surface area contributed by atoms with Crippen molar-refractivity contribution in [1.29, 1.82) is 0 Å². The van der Waals surface area contributed by atoms with Crippen LogP contribution in [0.1, 0.15) is 284 Å². The number of aliphatic hydroxyl groups is 2. The molecule has 2 atom stereocenters. The average Bonchev–Trinajstić information content (AvgIpc) is 3.20. The molecule has 1 amide bonds. The number of nitrogens with one attached hydrogen (secondary N) is 1. The van der Waals surface area contributed by atoms with Crippen LogP contribution in [0.3, 0.4) is 0 Å². The SMILES string of the molecule is CCCCCCCCCCCCCCCCCCCCCC(=O)OCCCCCCCCCCCC(=O)NC(CO)C(O)CCCCCCCCCCCCC. The van der Waals surface area contributed by atoms with Crippen molar-refractivity contribution in [3.8, 4) is 0 Å². The zero-order valence-corrected chi connectivity index (χ0v) is 37.9. The summed E-state index contributed by atoms with van der Waals surface area (Å²) < 4.78 is 5.46. The first-order chi connectivity index (χ1) is 27.5. The van der Waals surface area contributed by atoms with Gasteiger partial charge in [-0.15, -0.1) is 0 Å². The Morgan fingerprint density at radius 3 is 1.09 bits per heavy atom. The van der Waals surface area contributed by atoms with Gasteiger partial charge in [0, 0.05) is 12.8 Å². The summed E-state index contributed by atoms with van der Waals surface area (Å²) in [4.78, 5) is 24.5. The van der Waals surface area contributed by atoms with Gasteiger partial charge >= 0.3 is 5.97 Å². The van der Waals surface area contributed by atoms with Crippen LogP contribution in [0, 0.1) is 0 Å². The predicted molar refractivity (Wildman–Crippen MR) is 241 cm³/mol. The summed E-state index contributed by atoms with van der Waals surface area (Å²) in [6.45, 7) is 4.89. The van der Waals surface area contributed by atoms with Crippen LogP contribution in [0.25, 0.3) is 0 Å². The van der Waals surface area contributed by atoms with Crippen molar-refractivity contribution in [3.63, 3.8) is 0 Å². The van der Waals surface area contributed by atoms with E-state index in [1.54, 1.807) is 0 Å². The lowest BCUT2D eigenvalue weighted by Gasteiger charge is -2.22. The van der Waals surface area contributed by atoms with Crippen LogP contribution in [-0.2, 0) is 14.3 Å². The number of hydrogen-bond acceptors (Lipinski definition) is 5. The van der Waals surface area contributed by atoms with Crippen LogP contribution < -0.4 is 5.32 Å². The molecule has 0 spiro atoms. The lowest BCUT2D eigenvalue weighted by atomic mass is 10.0. The summed E-state index contributed by atoms with van der Waals surface area (Å²) in [6.07, 6.45) is 50.7. The number of carbonyl (C=O) groups excluding carboxylic acids is 2. The fourth-order valence-electron chi connectivity index (χ4n) is 7.99. The maximum absolute atomic E-state index is 12.4. The second kappa shape index (κ2) is 46.5. The molecule has 0 saturated heterocycles. The topological polar surface area (TPSA) is 95.9 Å². The molecular formula is C50H99NO5. The quantitative estimate of drug-likeness (QED) is 0.0421. The van der Waals surface area contributed by atoms with Crippen LogP contribution >= 0.6 is 0 Å². The largest absolute Gasteiger partial charge is 0.466 e. The normalized spacial score (nSPS) is 12.6. The van der Waals surface area contributed by atoms with Gasteiger partial charge in [0.1, 0.15) is 0 Å². The van der Waals surface area contributed by atoms with E-state index in [9.17, 15) is 19.8 Å². The third kappa shape index (κ3) is 42.5. The van der Waals surface area contributed by atoms with Gasteiger partial charge in [0.15, 0.2) is 0 Å². The van der Waals surface area contributed by atoms with Gasteiger partial charge in [0.2, 0.25) is 5.91 Å². The van der Waals surface area contributed by atoms with E-state index in [4.69, 9.17) is 4.74 Å². The molecule has 334 valence electrons. The lowest BCUT2D eigenvalue weighted by Crippen LogP contribution is -2.45. The summed E-state index contributed by atoms with van der Waals surface area (Å²) in [6, 6.07) is -0.558. The highest BCUT2D eigenvalue weighted by molar-refractivity contribution is 5.76. The summed E-state index contributed by atoms with van der Waals surface area (Å²) >= 11 is 0. The second-order valence-corrected chi connectivity index (χ2v) is 17.5. The van der Waals surface area contributed by atoms with E-state index in [-0.39, 0.29) is 18.5 Å². The van der Waals surface area contributed by atoms with Crippen LogP contribution in [0.15, 0.2) is 0 Å². The van der Waals surface area contributed by atoms with E-state index in [1.807, 2.05) is 0 Å². The highest BCUT2D eigenvalue weighted by Crippen LogP contribution is 2.17. The number of unbranched alkanes of at least 4 members (excludes halogenated alkanes) is 36. The Labute approximate surface area is 349 Å². The van der Waals surface area contributed by atoms with E-state index in [0.29, 0.717) is 25.9 Å². The standard InChI is InChI=1S/C50H99NO5/c1-3-5-7-9-11-13-15-16-17-18-19-20-21-22-24-28-32-36-40-44-50(55)56-45-41-37-33-29-25-27-31-35-39-43-49(54)51-47(46-52)48(53)42-38-34-30-26-23-14-12-10-8-6-4-2/h47-48,52-53H,3-46H2,1-2H3,(H,51,54). The molecule has 0 bridgehead atoms. The molecule has 0 radical (unpaired) electrons. The number of amides is 1. The molecular weight excluding hydrogens is 695 g/mol. The van der Waals surface area contributed by atoms with Gasteiger partial charge in [0.25, 0.3) is 0 Å². The van der Waals surface area contributed by atoms with Gasteiger partial charge in [-0.3, -0.25) is 9.59 Å². The van der Waals surface area contributed by atoms with Crippen molar-refractivity contribution in [2.24, 2.45) is 0 Å². The number of carbonyl (C=O) groups is 2. The Bertz CT molecular complexity index is 791. The Morgan fingerprint density at radius 2 is 0.732 bits per heavy atom. The lowest BCUT2D eigenvalue weighted by molar-refractivity contribution is -0.143. The van der Waals surface area contributed by atoms with Crippen LogP contribution in [0.4, 0.5) is 0 Å². The molecule has 3 N–H and O–H groups in total. The zero-order valence-electron chi connectivity index (χ0n) is 37.9. The van der Waals surface area contributed by atoms with E-state index in [1.165, 1.54) is 193 Å². The maximum Gasteiger partial charge on any atom is 0.305 e. The van der Waals surface area contributed by atoms with Crippen molar-refractivity contribution >= 4 is 11.9 Å². The van der Waals surface area contributed by atoms with Gasteiger partial charge < -0.3 is 20.3 Å². The summed E-state index contributed by atoms with van der Waals surface area (Å²) in [5.41, 5.74) is 0. The zero-order chi connectivity index (χ0) is 40.8. The van der Waals surface area contributed by atoms with E-state index >= 15 is 0 Å². The Hall–Kier alpha value is -1.14. The third-order valence-electron chi connectivity index (χ3n) is 11.9.